The van der Waals surface area contributed by atoms with Gasteiger partial charge in [-0.25, -0.2) is 0 Å². The van der Waals surface area contributed by atoms with Crippen LogP contribution in [-0.2, 0) is 11.3 Å². The Morgan fingerprint density at radius 1 is 1.11 bits per heavy atom. The number of piperazine rings is 1. The van der Waals surface area contributed by atoms with E-state index in [0.29, 0.717) is 12.5 Å². The highest BCUT2D eigenvalue weighted by atomic mass is 16.2. The van der Waals surface area contributed by atoms with Crippen molar-refractivity contribution in [1.82, 2.24) is 14.8 Å². The molecule has 1 saturated carbocycles. The van der Waals surface area contributed by atoms with Gasteiger partial charge in [-0.05, 0) is 36.8 Å². The van der Waals surface area contributed by atoms with Crippen LogP contribution in [0.1, 0.15) is 43.2 Å². The van der Waals surface area contributed by atoms with Crippen molar-refractivity contribution in [2.45, 2.75) is 45.6 Å². The van der Waals surface area contributed by atoms with Gasteiger partial charge in [-0.3, -0.25) is 14.5 Å². The molecule has 2 heterocycles. The molecule has 1 saturated heterocycles. The predicted octanol–water partition coefficient (Wildman–Crippen LogP) is 3.06. The van der Waals surface area contributed by atoms with Gasteiger partial charge in [-0.15, -0.1) is 0 Å². The maximum absolute atomic E-state index is 12.7. The topological polar surface area (TPSA) is 56.4 Å². The maximum Gasteiger partial charge on any atom is 0.252 e. The first-order chi connectivity index (χ1) is 13.1. The van der Waals surface area contributed by atoms with Gasteiger partial charge in [0.05, 0.1) is 5.52 Å². The SMILES string of the molecule is Cc1cccc2cc(CN3CCN(C(=O)C4CCCCC4)CC3)c(=O)[nH]c12. The number of nitrogens with zero attached hydrogens (tertiary/aromatic N) is 2. The van der Waals surface area contributed by atoms with E-state index in [-0.39, 0.29) is 11.5 Å². The summed E-state index contributed by atoms with van der Waals surface area (Å²) >= 11 is 0. The van der Waals surface area contributed by atoms with E-state index in [1.54, 1.807) is 0 Å². The van der Waals surface area contributed by atoms with Crippen LogP contribution in [0.3, 0.4) is 0 Å². The van der Waals surface area contributed by atoms with Crippen LogP contribution in [0, 0.1) is 12.8 Å². The smallest absolute Gasteiger partial charge is 0.252 e. The van der Waals surface area contributed by atoms with Crippen LogP contribution in [0.2, 0.25) is 0 Å². The summed E-state index contributed by atoms with van der Waals surface area (Å²) in [6.45, 7) is 5.89. The van der Waals surface area contributed by atoms with Crippen LogP contribution >= 0.6 is 0 Å². The molecule has 1 aliphatic carbocycles. The van der Waals surface area contributed by atoms with Crippen LogP contribution < -0.4 is 5.56 Å². The van der Waals surface area contributed by atoms with E-state index in [1.807, 2.05) is 36.1 Å². The van der Waals surface area contributed by atoms with Crippen LogP contribution in [-0.4, -0.2) is 46.9 Å². The number of aromatic nitrogens is 1. The molecular weight excluding hydrogens is 338 g/mol. The molecular formula is C22H29N3O2. The molecule has 1 aliphatic heterocycles. The minimum absolute atomic E-state index is 0.00230. The summed E-state index contributed by atoms with van der Waals surface area (Å²) in [6, 6.07) is 8.10. The number of aryl methyl sites for hydroxylation is 1. The molecule has 1 aromatic carbocycles. The van der Waals surface area contributed by atoms with Crippen molar-refractivity contribution in [3.05, 3.63) is 45.7 Å². The van der Waals surface area contributed by atoms with Gasteiger partial charge in [0.15, 0.2) is 0 Å². The fourth-order valence-electron chi connectivity index (χ4n) is 4.52. The van der Waals surface area contributed by atoms with Gasteiger partial charge >= 0.3 is 0 Å². The van der Waals surface area contributed by atoms with Crippen molar-refractivity contribution in [1.29, 1.82) is 0 Å². The van der Waals surface area contributed by atoms with Gasteiger partial charge in [0.25, 0.3) is 5.56 Å². The normalized spacial score (nSPS) is 19.5. The van der Waals surface area contributed by atoms with Crippen LogP contribution in [0.5, 0.6) is 0 Å². The summed E-state index contributed by atoms with van der Waals surface area (Å²) in [5, 5.41) is 1.08. The number of aromatic amines is 1. The number of pyridine rings is 1. The first-order valence-corrected chi connectivity index (χ1v) is 10.2. The number of rotatable bonds is 3. The van der Waals surface area contributed by atoms with Crippen LogP contribution in [0.4, 0.5) is 0 Å². The third kappa shape index (κ3) is 3.93. The second-order valence-corrected chi connectivity index (χ2v) is 8.10. The fraction of sp³-hybridized carbons (Fsp3) is 0.545. The molecule has 0 unspecified atom stereocenters. The van der Waals surface area contributed by atoms with Crippen molar-refractivity contribution in [3.8, 4) is 0 Å². The molecule has 1 N–H and O–H groups in total. The fourth-order valence-corrected chi connectivity index (χ4v) is 4.52. The number of fused-ring (bicyclic) bond motifs is 1. The van der Waals surface area contributed by atoms with Gasteiger partial charge < -0.3 is 9.88 Å². The lowest BCUT2D eigenvalue weighted by Gasteiger charge is -2.37. The Hall–Kier alpha value is -2.14. The number of carbonyl (C=O) groups excluding carboxylic acids is 1. The zero-order chi connectivity index (χ0) is 18.8. The lowest BCUT2D eigenvalue weighted by atomic mass is 9.88. The molecule has 0 atom stereocenters. The number of H-pyrrole nitrogens is 1. The maximum atomic E-state index is 12.7. The Labute approximate surface area is 160 Å². The van der Waals surface area contributed by atoms with Crippen molar-refractivity contribution < 1.29 is 4.79 Å². The Morgan fingerprint density at radius 3 is 2.59 bits per heavy atom. The summed E-state index contributed by atoms with van der Waals surface area (Å²) in [4.78, 5) is 32.6. The average molecular weight is 367 g/mol. The number of amides is 1. The second kappa shape index (κ2) is 7.85. The first kappa shape index (κ1) is 18.2. The Kier molecular flexibility index (Phi) is 5.30. The minimum atomic E-state index is -0.00230. The Bertz CT molecular complexity index is 875. The number of nitrogens with one attached hydrogen (secondary N) is 1. The molecule has 5 nitrogen and oxygen atoms in total. The summed E-state index contributed by atoms with van der Waals surface area (Å²) < 4.78 is 0. The summed E-state index contributed by atoms with van der Waals surface area (Å²) in [7, 11) is 0. The van der Waals surface area contributed by atoms with E-state index in [0.717, 1.165) is 61.1 Å². The Balaban J connectivity index is 1.39. The molecule has 4 rings (SSSR count). The zero-order valence-corrected chi connectivity index (χ0v) is 16.2. The standard InChI is InChI=1S/C22H29N3O2/c1-16-6-5-9-18-14-19(21(26)23-20(16)18)15-24-10-12-25(13-11-24)22(27)17-7-3-2-4-8-17/h5-6,9,14,17H,2-4,7-8,10-13,15H2,1H3,(H,23,26). The van der Waals surface area contributed by atoms with Crippen LogP contribution in [0.25, 0.3) is 10.9 Å². The molecule has 0 spiro atoms. The van der Waals surface area contributed by atoms with Crippen molar-refractivity contribution in [3.63, 3.8) is 0 Å². The molecule has 2 aliphatic rings. The molecule has 1 aromatic heterocycles. The van der Waals surface area contributed by atoms with Crippen LogP contribution in [0.15, 0.2) is 29.1 Å². The summed E-state index contributed by atoms with van der Waals surface area (Å²) in [5.41, 5.74) is 2.82. The summed E-state index contributed by atoms with van der Waals surface area (Å²) in [5.74, 6) is 0.602. The highest BCUT2D eigenvalue weighted by Crippen LogP contribution is 2.26. The number of benzene rings is 1. The molecule has 0 bridgehead atoms. The van der Waals surface area contributed by atoms with Crippen molar-refractivity contribution in [2.24, 2.45) is 5.92 Å². The molecule has 27 heavy (non-hydrogen) atoms. The molecule has 5 heteroatoms. The molecule has 1 amide bonds. The second-order valence-electron chi connectivity index (χ2n) is 8.10. The highest BCUT2D eigenvalue weighted by Gasteiger charge is 2.28. The van der Waals surface area contributed by atoms with Crippen molar-refractivity contribution in [2.75, 3.05) is 26.2 Å². The number of hydrogen-bond acceptors (Lipinski definition) is 3. The van der Waals surface area contributed by atoms with E-state index >= 15 is 0 Å². The molecule has 2 fully saturated rings. The zero-order valence-electron chi connectivity index (χ0n) is 16.2. The average Bonchev–Trinajstić information content (AvgIpc) is 2.70. The van der Waals surface area contributed by atoms with Gasteiger partial charge in [-0.2, -0.15) is 0 Å². The van der Waals surface area contributed by atoms with Crippen molar-refractivity contribution >= 4 is 16.8 Å². The van der Waals surface area contributed by atoms with Gasteiger partial charge in [-0.1, -0.05) is 37.5 Å². The van der Waals surface area contributed by atoms with E-state index in [2.05, 4.69) is 9.88 Å². The predicted molar refractivity (Wildman–Crippen MR) is 108 cm³/mol. The number of carbonyl (C=O) groups is 1. The van der Waals surface area contributed by atoms with E-state index in [1.165, 1.54) is 19.3 Å². The quantitative estimate of drug-likeness (QED) is 0.907. The Morgan fingerprint density at radius 2 is 1.85 bits per heavy atom. The van der Waals surface area contributed by atoms with E-state index < -0.39 is 0 Å². The molecule has 144 valence electrons. The third-order valence-corrected chi connectivity index (χ3v) is 6.20. The number of hydrogen-bond donors (Lipinski definition) is 1. The third-order valence-electron chi connectivity index (χ3n) is 6.20. The van der Waals surface area contributed by atoms with E-state index in [4.69, 9.17) is 0 Å². The van der Waals surface area contributed by atoms with Gasteiger partial charge in [0, 0.05) is 44.2 Å². The monoisotopic (exact) mass is 367 g/mol. The lowest BCUT2D eigenvalue weighted by molar-refractivity contribution is -0.138. The largest absolute Gasteiger partial charge is 0.340 e. The molecule has 2 aromatic rings. The van der Waals surface area contributed by atoms with Gasteiger partial charge in [0.1, 0.15) is 0 Å². The first-order valence-electron chi connectivity index (χ1n) is 10.2. The lowest BCUT2D eigenvalue weighted by Crippen LogP contribution is -2.50. The molecule has 0 radical (unpaired) electrons. The summed E-state index contributed by atoms with van der Waals surface area (Å²) in [6.07, 6.45) is 5.79. The van der Waals surface area contributed by atoms with E-state index in [9.17, 15) is 9.59 Å². The minimum Gasteiger partial charge on any atom is -0.340 e. The highest BCUT2D eigenvalue weighted by molar-refractivity contribution is 5.82. The number of para-hydroxylation sites is 1. The van der Waals surface area contributed by atoms with Gasteiger partial charge in [0.2, 0.25) is 5.91 Å².